The standard InChI is InChI=1S/C62H39N5S.C59H37N3S/c1-5-18-41(19-6-1)55-56-51-37-36-46(39-52(51)63-57(42-20-7-2-8-21-42)59(56)68-58(55)43-22-9-3-10-23-43)40-32-34-45(35-33-40)61-64-60(44-24-11-4-12-25-44)65-62(66-61)47-26-17-27-48(38-47)67-53-30-15-13-28-49(53)50-29-14-16-31-54(50)67;1-4-18-38(19-5-1)55-56-49-33-32-41(36-50(49)60-57(39-20-6-2-7-21-39)59(56)63-58(55)40-22-8-3-9-23-40)42-34-43(61-51-28-14-10-24-45(51)46-25-11-15-29-52(46)61)37-44(35-42)62-53-30-16-12-26-47(53)48-27-13-17-31-54(48)62/h1-39H;1-37H. The molecule has 0 fully saturated rings. The van der Waals surface area contributed by atoms with Crippen LogP contribution in [0.3, 0.4) is 0 Å². The molecular weight excluding hydrogens is 1630 g/mol. The fourth-order valence-corrected chi connectivity index (χ4v) is 22.3. The highest BCUT2D eigenvalue weighted by Gasteiger charge is 2.28. The van der Waals surface area contributed by atoms with Crippen molar-refractivity contribution in [2.24, 2.45) is 0 Å². The fourth-order valence-electron chi connectivity index (χ4n) is 19.6. The Bertz CT molecular complexity index is 8640. The van der Waals surface area contributed by atoms with E-state index in [9.17, 15) is 0 Å². The molecule has 26 rings (SSSR count). The molecule has 18 aromatic carbocycles. The zero-order valence-electron chi connectivity index (χ0n) is 70.8. The molecule has 0 N–H and O–H groups in total. The van der Waals surface area contributed by atoms with Gasteiger partial charge in [-0.2, -0.15) is 0 Å². The van der Waals surface area contributed by atoms with E-state index in [2.05, 4.69) is 444 Å². The van der Waals surface area contributed by atoms with Crippen molar-refractivity contribution in [1.29, 1.82) is 0 Å². The smallest absolute Gasteiger partial charge is 0.164 e. The summed E-state index contributed by atoms with van der Waals surface area (Å²) in [7, 11) is 0. The van der Waals surface area contributed by atoms with E-state index < -0.39 is 0 Å². The van der Waals surface area contributed by atoms with Crippen molar-refractivity contribution in [3.8, 4) is 139 Å². The normalized spacial score (nSPS) is 11.7. The molecule has 0 saturated heterocycles. The molecule has 0 amide bonds. The highest BCUT2D eigenvalue weighted by Crippen LogP contribution is 2.53. The third-order valence-corrected chi connectivity index (χ3v) is 28.0. The molecule has 0 radical (unpaired) electrons. The maximum atomic E-state index is 5.61. The van der Waals surface area contributed by atoms with E-state index in [1.54, 1.807) is 0 Å². The summed E-state index contributed by atoms with van der Waals surface area (Å²) in [5.74, 6) is 1.84. The van der Waals surface area contributed by atoms with Gasteiger partial charge in [0.2, 0.25) is 0 Å². The quantitative estimate of drug-likeness (QED) is 0.108. The second kappa shape index (κ2) is 32.2. The lowest BCUT2D eigenvalue weighted by molar-refractivity contribution is 1.07. The van der Waals surface area contributed by atoms with Crippen LogP contribution in [-0.4, -0.2) is 38.6 Å². The second-order valence-corrected chi connectivity index (χ2v) is 35.3. The maximum absolute atomic E-state index is 5.61. The lowest BCUT2D eigenvalue weighted by Crippen LogP contribution is -2.01. The number of rotatable bonds is 14. The summed E-state index contributed by atoms with van der Waals surface area (Å²) in [5.41, 5.74) is 30.8. The first-order valence-corrected chi connectivity index (χ1v) is 45.9. The molecule has 8 aromatic heterocycles. The summed E-state index contributed by atoms with van der Waals surface area (Å²) in [6.45, 7) is 0. The lowest BCUT2D eigenvalue weighted by atomic mass is 9.94. The largest absolute Gasteiger partial charge is 0.309 e. The zero-order valence-corrected chi connectivity index (χ0v) is 72.4. The van der Waals surface area contributed by atoms with Crippen LogP contribution in [0.5, 0.6) is 0 Å². The van der Waals surface area contributed by atoms with E-state index in [-0.39, 0.29) is 0 Å². The number of aromatic nitrogens is 8. The maximum Gasteiger partial charge on any atom is 0.164 e. The number of pyridine rings is 2. The number of para-hydroxylation sites is 6. The minimum Gasteiger partial charge on any atom is -0.309 e. The Morgan fingerprint density at radius 2 is 0.443 bits per heavy atom. The first-order valence-electron chi connectivity index (χ1n) is 44.3. The van der Waals surface area contributed by atoms with Crippen molar-refractivity contribution in [1.82, 2.24) is 38.6 Å². The first-order chi connectivity index (χ1) is 65.0. The predicted octanol–water partition coefficient (Wildman–Crippen LogP) is 32.7. The molecule has 0 aliphatic rings. The molecule has 131 heavy (non-hydrogen) atoms. The van der Waals surface area contributed by atoms with Crippen molar-refractivity contribution in [3.05, 3.63) is 461 Å². The van der Waals surface area contributed by atoms with Crippen LogP contribution >= 0.6 is 22.7 Å². The van der Waals surface area contributed by atoms with Crippen LogP contribution in [0.25, 0.3) is 247 Å². The molecule has 0 bridgehead atoms. The Labute approximate surface area is 763 Å². The van der Waals surface area contributed by atoms with Gasteiger partial charge in [-0.25, -0.2) is 24.9 Å². The molecule has 8 nitrogen and oxygen atoms in total. The zero-order chi connectivity index (χ0) is 86.4. The van der Waals surface area contributed by atoms with E-state index in [0.717, 1.165) is 111 Å². The van der Waals surface area contributed by atoms with E-state index in [1.165, 1.54) is 118 Å². The predicted molar refractivity (Wildman–Crippen MR) is 550 cm³/mol. The minimum absolute atomic E-state index is 0.609. The van der Waals surface area contributed by atoms with Gasteiger partial charge in [0.1, 0.15) is 0 Å². The van der Waals surface area contributed by atoms with Crippen LogP contribution in [0.15, 0.2) is 461 Å². The molecule has 0 aliphatic carbocycles. The van der Waals surface area contributed by atoms with E-state index in [0.29, 0.717) is 17.5 Å². The third-order valence-electron chi connectivity index (χ3n) is 25.5. The topological polar surface area (TPSA) is 79.2 Å². The molecule has 0 spiro atoms. The number of nitrogens with zero attached hydrogens (tertiary/aromatic N) is 8. The van der Waals surface area contributed by atoms with Gasteiger partial charge in [0.05, 0.1) is 64.9 Å². The monoisotopic (exact) mass is 1700 g/mol. The molecule has 612 valence electrons. The SMILES string of the molecule is c1ccc(-c2nc(-c3ccc(-c4ccc5c(c4)nc(-c4ccccc4)c4sc(-c6ccccc6)c(-c6ccccc6)c45)cc3)nc(-c3cccc(-n4c5ccccc5c5ccccc54)c3)n2)cc1.c1ccc(-c2sc3c(-c4ccccc4)nc4cc(-c5cc(-n6c7ccccc7c7ccccc76)cc(-n6c7ccccc7c7ccccc76)c5)ccc4c3c2-c2ccccc2)cc1. The highest BCUT2D eigenvalue weighted by atomic mass is 32.1. The molecule has 0 atom stereocenters. The van der Waals surface area contributed by atoms with E-state index >= 15 is 0 Å². The Morgan fingerprint density at radius 1 is 0.168 bits per heavy atom. The molecule has 10 heteroatoms. The van der Waals surface area contributed by atoms with Gasteiger partial charge in [-0.1, -0.05) is 382 Å². The van der Waals surface area contributed by atoms with Crippen LogP contribution in [0.4, 0.5) is 0 Å². The minimum atomic E-state index is 0.609. The summed E-state index contributed by atoms with van der Waals surface area (Å²) in [6, 6.07) is 165. The summed E-state index contributed by atoms with van der Waals surface area (Å²) < 4.78 is 9.57. The van der Waals surface area contributed by atoms with Crippen molar-refractivity contribution in [2.75, 3.05) is 0 Å². The van der Waals surface area contributed by atoms with Crippen LogP contribution in [0, 0.1) is 0 Å². The van der Waals surface area contributed by atoms with Crippen molar-refractivity contribution >= 4 is 130 Å². The third kappa shape index (κ3) is 13.4. The van der Waals surface area contributed by atoms with Crippen LogP contribution in [0.2, 0.25) is 0 Å². The van der Waals surface area contributed by atoms with Gasteiger partial charge < -0.3 is 13.7 Å². The lowest BCUT2D eigenvalue weighted by Gasteiger charge is -2.16. The average Bonchev–Trinajstić information content (AvgIpc) is 1.62. The molecule has 0 saturated carbocycles. The van der Waals surface area contributed by atoms with Crippen molar-refractivity contribution in [2.45, 2.75) is 0 Å². The summed E-state index contributed by atoms with van der Waals surface area (Å²) in [6.07, 6.45) is 0. The van der Waals surface area contributed by atoms with Gasteiger partial charge >= 0.3 is 0 Å². The van der Waals surface area contributed by atoms with E-state index in [4.69, 9.17) is 24.9 Å². The Hall–Kier alpha value is -16.9. The van der Waals surface area contributed by atoms with E-state index in [1.807, 2.05) is 53.0 Å². The number of hydrogen-bond donors (Lipinski definition) is 0. The molecular formula is C121H76N8S2. The van der Waals surface area contributed by atoms with Gasteiger partial charge in [-0.05, 0) is 123 Å². The number of fused-ring (bicyclic) bond motifs is 15. The molecule has 26 aromatic rings. The molecule has 8 heterocycles. The number of thiophene rings is 2. The van der Waals surface area contributed by atoms with Gasteiger partial charge in [-0.3, -0.25) is 0 Å². The molecule has 0 unspecified atom stereocenters. The number of hydrogen-bond acceptors (Lipinski definition) is 7. The second-order valence-electron chi connectivity index (χ2n) is 33.2. The number of benzene rings is 18. The van der Waals surface area contributed by atoms with Gasteiger partial charge in [-0.15, -0.1) is 22.7 Å². The Balaban J connectivity index is 0.000000141. The van der Waals surface area contributed by atoms with Gasteiger partial charge in [0.25, 0.3) is 0 Å². The van der Waals surface area contributed by atoms with Crippen molar-refractivity contribution in [3.63, 3.8) is 0 Å². The van der Waals surface area contributed by atoms with Crippen molar-refractivity contribution < 1.29 is 0 Å². The van der Waals surface area contributed by atoms with Gasteiger partial charge in [0.15, 0.2) is 17.5 Å². The fraction of sp³-hybridized carbons (Fsp3) is 0. The van der Waals surface area contributed by atoms with Crippen LogP contribution in [0.1, 0.15) is 0 Å². The summed E-state index contributed by atoms with van der Waals surface area (Å²) in [5, 5.41) is 12.1. The molecule has 0 aliphatic heterocycles. The summed E-state index contributed by atoms with van der Waals surface area (Å²) >= 11 is 3.67. The summed E-state index contributed by atoms with van der Waals surface area (Å²) in [4.78, 5) is 28.9. The highest BCUT2D eigenvalue weighted by molar-refractivity contribution is 7.24. The van der Waals surface area contributed by atoms with Crippen LogP contribution in [-0.2, 0) is 0 Å². The Morgan fingerprint density at radius 3 is 0.817 bits per heavy atom. The first kappa shape index (κ1) is 76.5. The Kier molecular flexibility index (Phi) is 18.8. The van der Waals surface area contributed by atoms with Gasteiger partial charge in [0, 0.05) is 120 Å². The van der Waals surface area contributed by atoms with Crippen LogP contribution < -0.4 is 0 Å². The average molecular weight is 1710 g/mol.